The summed E-state index contributed by atoms with van der Waals surface area (Å²) in [6, 6.07) is 12.0. The molecule has 122 valence electrons. The molecular formula is C18H20F2N2O. The van der Waals surface area contributed by atoms with Crippen molar-refractivity contribution in [1.82, 2.24) is 4.90 Å². The molecule has 2 rings (SSSR count). The first-order chi connectivity index (χ1) is 11.0. The minimum Gasteiger partial charge on any atom is -0.325 e. The highest BCUT2D eigenvalue weighted by Crippen LogP contribution is 2.20. The fraction of sp³-hybridized carbons (Fsp3) is 0.278. The summed E-state index contributed by atoms with van der Waals surface area (Å²) in [5.41, 5.74) is 1.37. The van der Waals surface area contributed by atoms with Crippen LogP contribution in [0, 0.1) is 11.6 Å². The van der Waals surface area contributed by atoms with Gasteiger partial charge < -0.3 is 5.32 Å². The first-order valence-corrected chi connectivity index (χ1v) is 7.54. The summed E-state index contributed by atoms with van der Waals surface area (Å²) in [6.07, 6.45) is 0. The number of nitrogens with zero attached hydrogens (tertiary/aromatic N) is 1. The van der Waals surface area contributed by atoms with E-state index >= 15 is 0 Å². The maximum atomic E-state index is 13.1. The number of hydrogen-bond donors (Lipinski definition) is 1. The lowest BCUT2D eigenvalue weighted by atomic mass is 10.1. The van der Waals surface area contributed by atoms with Gasteiger partial charge in [-0.2, -0.15) is 0 Å². The monoisotopic (exact) mass is 318 g/mol. The Hall–Kier alpha value is -2.27. The van der Waals surface area contributed by atoms with E-state index in [2.05, 4.69) is 5.32 Å². The highest BCUT2D eigenvalue weighted by atomic mass is 19.1. The Kier molecular flexibility index (Phi) is 5.82. The number of anilines is 1. The van der Waals surface area contributed by atoms with Crippen LogP contribution in [0.1, 0.15) is 25.5 Å². The molecule has 1 unspecified atom stereocenters. The van der Waals surface area contributed by atoms with E-state index in [1.165, 1.54) is 24.3 Å². The Morgan fingerprint density at radius 1 is 1.13 bits per heavy atom. The van der Waals surface area contributed by atoms with Crippen LogP contribution in [0.25, 0.3) is 0 Å². The summed E-state index contributed by atoms with van der Waals surface area (Å²) in [4.78, 5) is 14.1. The molecule has 0 spiro atoms. The summed E-state index contributed by atoms with van der Waals surface area (Å²) in [5.74, 6) is -0.894. The Morgan fingerprint density at radius 3 is 2.43 bits per heavy atom. The standard InChI is InChI=1S/C18H20F2N2O/c1-3-22(13(2)14-7-9-15(19)10-8-14)12-18(23)21-17-6-4-5-16(20)11-17/h4-11,13H,3,12H2,1-2H3,(H,21,23). The van der Waals surface area contributed by atoms with E-state index in [0.717, 1.165) is 5.56 Å². The number of hydrogen-bond acceptors (Lipinski definition) is 2. The number of halogens is 2. The number of likely N-dealkylation sites (N-methyl/N-ethyl adjacent to an activating group) is 1. The van der Waals surface area contributed by atoms with Gasteiger partial charge in [-0.05, 0) is 49.4 Å². The molecule has 0 fully saturated rings. The van der Waals surface area contributed by atoms with E-state index in [9.17, 15) is 13.6 Å². The van der Waals surface area contributed by atoms with Gasteiger partial charge in [-0.3, -0.25) is 9.69 Å². The summed E-state index contributed by atoms with van der Waals surface area (Å²) in [5, 5.41) is 2.68. The normalized spacial score (nSPS) is 12.2. The van der Waals surface area contributed by atoms with Crippen LogP contribution in [0.3, 0.4) is 0 Å². The summed E-state index contributed by atoms with van der Waals surface area (Å²) in [6.45, 7) is 4.75. The van der Waals surface area contributed by atoms with Gasteiger partial charge in [0, 0.05) is 11.7 Å². The molecule has 0 aliphatic heterocycles. The van der Waals surface area contributed by atoms with E-state index in [-0.39, 0.29) is 24.3 Å². The molecule has 0 heterocycles. The molecule has 0 aromatic heterocycles. The van der Waals surface area contributed by atoms with Gasteiger partial charge in [-0.25, -0.2) is 8.78 Å². The average molecular weight is 318 g/mol. The van der Waals surface area contributed by atoms with Gasteiger partial charge in [0.25, 0.3) is 0 Å². The molecule has 1 amide bonds. The SMILES string of the molecule is CCN(CC(=O)Nc1cccc(F)c1)C(C)c1ccc(F)cc1. The van der Waals surface area contributed by atoms with Crippen molar-refractivity contribution in [2.75, 3.05) is 18.4 Å². The topological polar surface area (TPSA) is 32.3 Å². The van der Waals surface area contributed by atoms with E-state index in [1.807, 2.05) is 18.7 Å². The third-order valence-corrected chi connectivity index (χ3v) is 3.76. The first kappa shape index (κ1) is 17.1. The van der Waals surface area contributed by atoms with E-state index < -0.39 is 5.82 Å². The molecule has 5 heteroatoms. The summed E-state index contributed by atoms with van der Waals surface area (Å²) < 4.78 is 26.1. The molecule has 0 saturated carbocycles. The third-order valence-electron chi connectivity index (χ3n) is 3.76. The van der Waals surface area contributed by atoms with Crippen LogP contribution >= 0.6 is 0 Å². The third kappa shape index (κ3) is 4.86. The first-order valence-electron chi connectivity index (χ1n) is 7.54. The molecule has 0 bridgehead atoms. The van der Waals surface area contributed by atoms with Crippen molar-refractivity contribution < 1.29 is 13.6 Å². The fourth-order valence-corrected chi connectivity index (χ4v) is 2.43. The largest absolute Gasteiger partial charge is 0.325 e. The Balaban J connectivity index is 2.00. The van der Waals surface area contributed by atoms with Gasteiger partial charge in [0.05, 0.1) is 6.54 Å². The lowest BCUT2D eigenvalue weighted by Gasteiger charge is -2.27. The second kappa shape index (κ2) is 7.83. The molecule has 23 heavy (non-hydrogen) atoms. The molecule has 0 aliphatic rings. The van der Waals surface area contributed by atoms with Crippen molar-refractivity contribution in [1.29, 1.82) is 0 Å². The Morgan fingerprint density at radius 2 is 1.83 bits per heavy atom. The number of carbonyl (C=O) groups is 1. The number of nitrogens with one attached hydrogen (secondary N) is 1. The highest BCUT2D eigenvalue weighted by Gasteiger charge is 2.17. The van der Waals surface area contributed by atoms with Crippen molar-refractivity contribution >= 4 is 11.6 Å². The van der Waals surface area contributed by atoms with Crippen LogP contribution < -0.4 is 5.32 Å². The van der Waals surface area contributed by atoms with Crippen molar-refractivity contribution in [2.45, 2.75) is 19.9 Å². The lowest BCUT2D eigenvalue weighted by Crippen LogP contribution is -2.35. The van der Waals surface area contributed by atoms with Crippen molar-refractivity contribution in [3.63, 3.8) is 0 Å². The van der Waals surface area contributed by atoms with Crippen molar-refractivity contribution in [3.05, 3.63) is 65.7 Å². The van der Waals surface area contributed by atoms with Gasteiger partial charge in [0.2, 0.25) is 5.91 Å². The summed E-state index contributed by atoms with van der Waals surface area (Å²) in [7, 11) is 0. The summed E-state index contributed by atoms with van der Waals surface area (Å²) >= 11 is 0. The van der Waals surface area contributed by atoms with Crippen LogP contribution in [-0.2, 0) is 4.79 Å². The van der Waals surface area contributed by atoms with Crippen LogP contribution in [0.2, 0.25) is 0 Å². The quantitative estimate of drug-likeness (QED) is 0.873. The predicted octanol–water partition coefficient (Wildman–Crippen LogP) is 3.99. The second-order valence-electron chi connectivity index (χ2n) is 5.35. The Labute approximate surface area is 134 Å². The molecule has 0 saturated heterocycles. The molecule has 2 aromatic carbocycles. The molecule has 0 aliphatic carbocycles. The minimum absolute atomic E-state index is 0.0288. The minimum atomic E-state index is -0.394. The van der Waals surface area contributed by atoms with E-state index in [0.29, 0.717) is 12.2 Å². The average Bonchev–Trinajstić information content (AvgIpc) is 2.52. The van der Waals surface area contributed by atoms with Gasteiger partial charge in [0.1, 0.15) is 11.6 Å². The van der Waals surface area contributed by atoms with Gasteiger partial charge in [0.15, 0.2) is 0 Å². The number of benzene rings is 2. The molecular weight excluding hydrogens is 298 g/mol. The predicted molar refractivity (Wildman–Crippen MR) is 87.1 cm³/mol. The Bertz CT molecular complexity index is 658. The van der Waals surface area contributed by atoms with Gasteiger partial charge in [-0.15, -0.1) is 0 Å². The molecule has 3 nitrogen and oxygen atoms in total. The van der Waals surface area contributed by atoms with E-state index in [1.54, 1.807) is 24.3 Å². The smallest absolute Gasteiger partial charge is 0.238 e. The van der Waals surface area contributed by atoms with Crippen LogP contribution in [0.15, 0.2) is 48.5 Å². The zero-order chi connectivity index (χ0) is 16.8. The lowest BCUT2D eigenvalue weighted by molar-refractivity contribution is -0.117. The highest BCUT2D eigenvalue weighted by molar-refractivity contribution is 5.92. The molecule has 2 aromatic rings. The maximum Gasteiger partial charge on any atom is 0.238 e. The maximum absolute atomic E-state index is 13.1. The molecule has 1 atom stereocenters. The zero-order valence-corrected chi connectivity index (χ0v) is 13.2. The van der Waals surface area contributed by atoms with Crippen LogP contribution in [0.5, 0.6) is 0 Å². The second-order valence-corrected chi connectivity index (χ2v) is 5.35. The number of rotatable bonds is 6. The number of amides is 1. The van der Waals surface area contributed by atoms with Gasteiger partial charge in [-0.1, -0.05) is 25.1 Å². The van der Waals surface area contributed by atoms with Crippen LogP contribution in [-0.4, -0.2) is 23.9 Å². The van der Waals surface area contributed by atoms with Crippen LogP contribution in [0.4, 0.5) is 14.5 Å². The van der Waals surface area contributed by atoms with Gasteiger partial charge >= 0.3 is 0 Å². The van der Waals surface area contributed by atoms with E-state index in [4.69, 9.17) is 0 Å². The van der Waals surface area contributed by atoms with Crippen molar-refractivity contribution in [3.8, 4) is 0 Å². The number of carbonyl (C=O) groups excluding carboxylic acids is 1. The molecule has 0 radical (unpaired) electrons. The molecule has 1 N–H and O–H groups in total. The zero-order valence-electron chi connectivity index (χ0n) is 13.2. The van der Waals surface area contributed by atoms with Crippen molar-refractivity contribution in [2.24, 2.45) is 0 Å². The fourth-order valence-electron chi connectivity index (χ4n) is 2.43.